The van der Waals surface area contributed by atoms with Gasteiger partial charge in [0.25, 0.3) is 0 Å². The average Bonchev–Trinajstić information content (AvgIpc) is 2.88. The summed E-state index contributed by atoms with van der Waals surface area (Å²) in [6.07, 6.45) is 12.2. The molecule has 1 nitrogen and oxygen atoms in total. The van der Waals surface area contributed by atoms with E-state index in [9.17, 15) is 4.39 Å². The molecule has 1 rings (SSSR count). The van der Waals surface area contributed by atoms with Crippen LogP contribution in [0.5, 0.6) is 0 Å². The lowest BCUT2D eigenvalue weighted by Crippen LogP contribution is -2.17. The van der Waals surface area contributed by atoms with Crippen LogP contribution in [0.25, 0.3) is 0 Å². The van der Waals surface area contributed by atoms with Crippen LogP contribution in [0.1, 0.15) is 65.2 Å². The SMILES string of the molecule is C=CCCC(C(=C)NC)C1=C(F)C=C(CC(CCC)CCC)C1. The van der Waals surface area contributed by atoms with Gasteiger partial charge in [-0.05, 0) is 43.3 Å². The van der Waals surface area contributed by atoms with E-state index in [1.54, 1.807) is 6.08 Å². The molecule has 1 unspecified atom stereocenters. The second-order valence-electron chi connectivity index (χ2n) is 6.69. The molecule has 2 heteroatoms. The van der Waals surface area contributed by atoms with Crippen molar-refractivity contribution in [2.75, 3.05) is 7.05 Å². The summed E-state index contributed by atoms with van der Waals surface area (Å²) < 4.78 is 14.5. The maximum absolute atomic E-state index is 14.5. The third-order valence-corrected chi connectivity index (χ3v) is 4.82. The Labute approximate surface area is 142 Å². The maximum Gasteiger partial charge on any atom is 0.123 e. The molecule has 0 aromatic carbocycles. The van der Waals surface area contributed by atoms with Crippen molar-refractivity contribution in [1.82, 2.24) is 5.32 Å². The first-order valence-corrected chi connectivity index (χ1v) is 9.12. The molecule has 0 saturated carbocycles. The van der Waals surface area contributed by atoms with Crippen molar-refractivity contribution in [3.05, 3.63) is 48.0 Å². The van der Waals surface area contributed by atoms with Gasteiger partial charge in [-0.25, -0.2) is 4.39 Å². The van der Waals surface area contributed by atoms with Crippen molar-refractivity contribution in [2.45, 2.75) is 65.2 Å². The molecule has 0 aliphatic heterocycles. The quantitative estimate of drug-likeness (QED) is 0.407. The third-order valence-electron chi connectivity index (χ3n) is 4.82. The van der Waals surface area contributed by atoms with E-state index in [0.717, 1.165) is 37.0 Å². The monoisotopic (exact) mass is 319 g/mol. The summed E-state index contributed by atoms with van der Waals surface area (Å²) in [5.41, 5.74) is 3.08. The van der Waals surface area contributed by atoms with E-state index in [1.165, 1.54) is 31.3 Å². The molecule has 0 heterocycles. The Morgan fingerprint density at radius 3 is 2.48 bits per heavy atom. The van der Waals surface area contributed by atoms with Crippen molar-refractivity contribution in [3.8, 4) is 0 Å². The van der Waals surface area contributed by atoms with Gasteiger partial charge in [0.05, 0.1) is 0 Å². The highest BCUT2D eigenvalue weighted by atomic mass is 19.1. The van der Waals surface area contributed by atoms with Gasteiger partial charge in [0.15, 0.2) is 0 Å². The Morgan fingerprint density at radius 2 is 1.96 bits per heavy atom. The zero-order valence-corrected chi connectivity index (χ0v) is 15.3. The fraction of sp³-hybridized carbons (Fsp3) is 0.619. The Hall–Kier alpha value is -1.31. The third kappa shape index (κ3) is 6.01. The average molecular weight is 320 g/mol. The van der Waals surface area contributed by atoms with Crippen LogP contribution < -0.4 is 5.32 Å². The topological polar surface area (TPSA) is 12.0 Å². The standard InChI is InChI=1S/C21H34FN/c1-6-9-12-19(16(4)23-5)20-14-18(15-21(20)22)13-17(10-7-2)11-8-3/h6,15,17,19,23H,1,4,7-14H2,2-3,5H3. The molecule has 23 heavy (non-hydrogen) atoms. The Kier molecular flexibility index (Phi) is 8.98. The van der Waals surface area contributed by atoms with Gasteiger partial charge in [0, 0.05) is 18.7 Å². The number of hydrogen-bond acceptors (Lipinski definition) is 1. The van der Waals surface area contributed by atoms with Gasteiger partial charge in [-0.1, -0.05) is 57.8 Å². The molecule has 1 aliphatic rings. The number of hydrogen-bond donors (Lipinski definition) is 1. The van der Waals surface area contributed by atoms with E-state index >= 15 is 0 Å². The van der Waals surface area contributed by atoms with E-state index in [-0.39, 0.29) is 11.7 Å². The predicted octanol–water partition coefficient (Wildman–Crippen LogP) is 6.46. The first-order valence-electron chi connectivity index (χ1n) is 9.12. The van der Waals surface area contributed by atoms with Gasteiger partial charge in [0.2, 0.25) is 0 Å². The summed E-state index contributed by atoms with van der Waals surface area (Å²) in [5, 5.41) is 3.11. The maximum atomic E-state index is 14.5. The smallest absolute Gasteiger partial charge is 0.123 e. The van der Waals surface area contributed by atoms with Crippen molar-refractivity contribution in [1.29, 1.82) is 0 Å². The molecule has 0 aromatic heterocycles. The Balaban J connectivity index is 2.75. The molecule has 0 spiro atoms. The Morgan fingerprint density at radius 1 is 1.30 bits per heavy atom. The zero-order valence-electron chi connectivity index (χ0n) is 15.3. The molecule has 0 aromatic rings. The molecule has 1 N–H and O–H groups in total. The zero-order chi connectivity index (χ0) is 17.2. The minimum Gasteiger partial charge on any atom is -0.391 e. The highest BCUT2D eigenvalue weighted by molar-refractivity contribution is 5.39. The lowest BCUT2D eigenvalue weighted by atomic mass is 9.86. The molecule has 0 amide bonds. The molecule has 1 aliphatic carbocycles. The van der Waals surface area contributed by atoms with Crippen LogP contribution in [0.2, 0.25) is 0 Å². The molecule has 0 fully saturated rings. The molecular weight excluding hydrogens is 285 g/mol. The molecule has 130 valence electrons. The predicted molar refractivity (Wildman–Crippen MR) is 99.9 cm³/mol. The summed E-state index contributed by atoms with van der Waals surface area (Å²) >= 11 is 0. The van der Waals surface area contributed by atoms with E-state index in [4.69, 9.17) is 0 Å². The van der Waals surface area contributed by atoms with Crippen molar-refractivity contribution < 1.29 is 4.39 Å². The largest absolute Gasteiger partial charge is 0.391 e. The van der Waals surface area contributed by atoms with E-state index in [1.807, 2.05) is 13.1 Å². The summed E-state index contributed by atoms with van der Waals surface area (Å²) in [6.45, 7) is 12.3. The number of nitrogens with one attached hydrogen (secondary N) is 1. The van der Waals surface area contributed by atoms with Crippen LogP contribution in [0, 0.1) is 11.8 Å². The second-order valence-corrected chi connectivity index (χ2v) is 6.69. The van der Waals surface area contributed by atoms with Crippen LogP contribution in [0.4, 0.5) is 4.39 Å². The van der Waals surface area contributed by atoms with Gasteiger partial charge in [-0.3, -0.25) is 0 Å². The van der Waals surface area contributed by atoms with Crippen molar-refractivity contribution >= 4 is 0 Å². The van der Waals surface area contributed by atoms with Gasteiger partial charge in [-0.15, -0.1) is 6.58 Å². The normalized spacial score (nSPS) is 15.8. The van der Waals surface area contributed by atoms with Crippen LogP contribution in [-0.4, -0.2) is 7.05 Å². The number of allylic oxidation sites excluding steroid dienone is 5. The molecule has 0 bridgehead atoms. The van der Waals surface area contributed by atoms with Gasteiger partial charge in [-0.2, -0.15) is 0 Å². The summed E-state index contributed by atoms with van der Waals surface area (Å²) in [5.74, 6) is 0.738. The minimum atomic E-state index is -0.0304. The summed E-state index contributed by atoms with van der Waals surface area (Å²) in [7, 11) is 1.86. The molecule has 1 atom stereocenters. The number of halogens is 1. The van der Waals surface area contributed by atoms with Gasteiger partial charge < -0.3 is 5.32 Å². The highest BCUT2D eigenvalue weighted by Crippen LogP contribution is 2.39. The second kappa shape index (κ2) is 10.5. The molecule has 0 radical (unpaired) electrons. The first-order chi connectivity index (χ1) is 11.1. The van der Waals surface area contributed by atoms with E-state index < -0.39 is 0 Å². The van der Waals surface area contributed by atoms with Gasteiger partial charge >= 0.3 is 0 Å². The van der Waals surface area contributed by atoms with Crippen molar-refractivity contribution in [2.24, 2.45) is 11.8 Å². The molecule has 0 saturated heterocycles. The minimum absolute atomic E-state index is 0.0304. The lowest BCUT2D eigenvalue weighted by Gasteiger charge is -2.22. The van der Waals surface area contributed by atoms with Crippen LogP contribution >= 0.6 is 0 Å². The lowest BCUT2D eigenvalue weighted by molar-refractivity contribution is 0.433. The summed E-state index contributed by atoms with van der Waals surface area (Å²) in [6, 6.07) is 0. The van der Waals surface area contributed by atoms with Crippen LogP contribution in [-0.2, 0) is 0 Å². The molecular formula is C21H34FN. The first kappa shape index (κ1) is 19.7. The highest BCUT2D eigenvalue weighted by Gasteiger charge is 2.26. The van der Waals surface area contributed by atoms with Crippen LogP contribution in [0.15, 0.2) is 48.0 Å². The summed E-state index contributed by atoms with van der Waals surface area (Å²) in [4.78, 5) is 0. The number of rotatable bonds is 12. The van der Waals surface area contributed by atoms with Crippen molar-refractivity contribution in [3.63, 3.8) is 0 Å². The Bertz CT molecular complexity index is 452. The fourth-order valence-corrected chi connectivity index (χ4v) is 3.63. The fourth-order valence-electron chi connectivity index (χ4n) is 3.63. The van der Waals surface area contributed by atoms with Crippen LogP contribution in [0.3, 0.4) is 0 Å². The van der Waals surface area contributed by atoms with Gasteiger partial charge in [0.1, 0.15) is 5.83 Å². The van der Waals surface area contributed by atoms with E-state index in [2.05, 4.69) is 32.3 Å². The van der Waals surface area contributed by atoms with E-state index in [0.29, 0.717) is 5.92 Å².